The number of nitrogens with one attached hydrogen (secondary N) is 4. The van der Waals surface area contributed by atoms with Gasteiger partial charge in [0.25, 0.3) is 5.91 Å². The van der Waals surface area contributed by atoms with Crippen molar-refractivity contribution in [3.8, 4) is 0 Å². The second kappa shape index (κ2) is 9.66. The van der Waals surface area contributed by atoms with Crippen LogP contribution in [-0.4, -0.2) is 49.5 Å². The zero-order valence-electron chi connectivity index (χ0n) is 19.3. The van der Waals surface area contributed by atoms with Crippen LogP contribution in [0.5, 0.6) is 0 Å². The Balaban J connectivity index is 1.38. The van der Waals surface area contributed by atoms with E-state index in [0.717, 1.165) is 44.2 Å². The molecule has 0 saturated heterocycles. The van der Waals surface area contributed by atoms with E-state index in [1.807, 2.05) is 6.07 Å². The van der Waals surface area contributed by atoms with Crippen molar-refractivity contribution in [2.75, 3.05) is 16.0 Å². The molecule has 2 saturated carbocycles. The number of hydrogen-bond donors (Lipinski definition) is 4. The number of hydrogen-bond acceptors (Lipinski definition) is 7. The molecular formula is C24H30N8O2. The van der Waals surface area contributed by atoms with Crippen LogP contribution in [0.15, 0.2) is 36.8 Å². The van der Waals surface area contributed by atoms with Crippen LogP contribution in [0.1, 0.15) is 62.4 Å². The fraction of sp³-hybridized carbons (Fsp3) is 0.458. The van der Waals surface area contributed by atoms with Crippen molar-refractivity contribution in [2.24, 2.45) is 0 Å². The summed E-state index contributed by atoms with van der Waals surface area (Å²) in [4.78, 5) is 32.9. The Morgan fingerprint density at radius 1 is 0.971 bits per heavy atom. The lowest BCUT2D eigenvalue weighted by atomic mass is 9.91. The maximum atomic E-state index is 13.0. The molecular weight excluding hydrogens is 432 g/mol. The van der Waals surface area contributed by atoms with Gasteiger partial charge in [-0.25, -0.2) is 9.50 Å². The summed E-state index contributed by atoms with van der Waals surface area (Å²) in [6.07, 6.45) is 12.0. The molecule has 5 rings (SSSR count). The van der Waals surface area contributed by atoms with Crippen LogP contribution in [0, 0.1) is 0 Å². The number of nitrogens with zero attached hydrogens (tertiary/aromatic N) is 4. The summed E-state index contributed by atoms with van der Waals surface area (Å²) < 4.78 is 1.61. The molecule has 2 amide bonds. The Morgan fingerprint density at radius 2 is 1.68 bits per heavy atom. The number of carbonyl (C=O) groups is 2. The smallest absolute Gasteiger partial charge is 0.276 e. The predicted molar refractivity (Wildman–Crippen MR) is 130 cm³/mol. The fourth-order valence-electron chi connectivity index (χ4n) is 4.58. The Labute approximate surface area is 197 Å². The third-order valence-corrected chi connectivity index (χ3v) is 6.59. The van der Waals surface area contributed by atoms with E-state index in [2.05, 4.69) is 31.2 Å². The van der Waals surface area contributed by atoms with Crippen LogP contribution in [-0.2, 0) is 4.79 Å². The molecule has 34 heavy (non-hydrogen) atoms. The number of anilines is 3. The van der Waals surface area contributed by atoms with Gasteiger partial charge in [0.05, 0.1) is 11.9 Å². The molecule has 10 nitrogen and oxygen atoms in total. The summed E-state index contributed by atoms with van der Waals surface area (Å²) in [5.74, 6) is 0.440. The molecule has 0 radical (unpaired) electrons. The van der Waals surface area contributed by atoms with Gasteiger partial charge in [0.1, 0.15) is 5.82 Å². The van der Waals surface area contributed by atoms with Gasteiger partial charge in [-0.15, -0.1) is 5.10 Å². The largest absolute Gasteiger partial charge is 0.379 e. The van der Waals surface area contributed by atoms with E-state index in [-0.39, 0.29) is 23.9 Å². The van der Waals surface area contributed by atoms with Gasteiger partial charge in [-0.3, -0.25) is 14.6 Å². The lowest BCUT2D eigenvalue weighted by Gasteiger charge is -2.30. The number of aromatic nitrogens is 4. The van der Waals surface area contributed by atoms with Crippen molar-refractivity contribution in [3.05, 3.63) is 42.5 Å². The molecule has 178 valence electrons. The molecule has 0 aromatic carbocycles. The number of rotatable bonds is 7. The molecule has 3 aromatic heterocycles. The summed E-state index contributed by atoms with van der Waals surface area (Å²) in [7, 11) is 0. The molecule has 10 heteroatoms. The van der Waals surface area contributed by atoms with Crippen LogP contribution in [0.2, 0.25) is 0 Å². The molecule has 3 aromatic rings. The van der Waals surface area contributed by atoms with Gasteiger partial charge in [0, 0.05) is 49.2 Å². The number of fused-ring (bicyclic) bond motifs is 1. The van der Waals surface area contributed by atoms with Crippen LogP contribution in [0.25, 0.3) is 5.65 Å². The average Bonchev–Trinajstić information content (AvgIpc) is 3.22. The van der Waals surface area contributed by atoms with Gasteiger partial charge in [0.15, 0.2) is 11.3 Å². The lowest BCUT2D eigenvalue weighted by Crippen LogP contribution is -2.39. The maximum Gasteiger partial charge on any atom is 0.276 e. The Morgan fingerprint density at radius 3 is 2.35 bits per heavy atom. The van der Waals surface area contributed by atoms with Crippen molar-refractivity contribution in [1.29, 1.82) is 0 Å². The molecule has 0 spiro atoms. The highest BCUT2D eigenvalue weighted by Gasteiger charge is 2.24. The zero-order chi connectivity index (χ0) is 23.5. The van der Waals surface area contributed by atoms with Gasteiger partial charge >= 0.3 is 0 Å². The number of amides is 2. The zero-order valence-corrected chi connectivity index (χ0v) is 19.3. The first kappa shape index (κ1) is 22.1. The number of carbonyl (C=O) groups excluding carboxylic acids is 2. The molecule has 0 aliphatic heterocycles. The molecule has 4 N–H and O–H groups in total. The predicted octanol–water partition coefficient (Wildman–Crippen LogP) is 3.20. The SMILES string of the molecule is CC(=O)N[C@H]1CC[C@H](Nc2cc(NC3CCC3)c3ncc(C(=O)Nc4ccncc4)n3n2)CC1. The molecule has 0 unspecified atom stereocenters. The van der Waals surface area contributed by atoms with E-state index in [1.54, 1.807) is 42.2 Å². The monoisotopic (exact) mass is 462 g/mol. The van der Waals surface area contributed by atoms with E-state index >= 15 is 0 Å². The number of pyridine rings is 1. The van der Waals surface area contributed by atoms with Gasteiger partial charge in [-0.1, -0.05) is 0 Å². The third-order valence-electron chi connectivity index (χ3n) is 6.59. The minimum atomic E-state index is -0.284. The van der Waals surface area contributed by atoms with Crippen molar-refractivity contribution >= 4 is 34.7 Å². The molecule has 0 bridgehead atoms. The highest BCUT2D eigenvalue weighted by molar-refractivity contribution is 6.03. The quantitative estimate of drug-likeness (QED) is 0.425. The second-order valence-electron chi connectivity index (χ2n) is 9.18. The van der Waals surface area contributed by atoms with Gasteiger partial charge in [-0.05, 0) is 57.1 Å². The first-order chi connectivity index (χ1) is 16.5. The Kier molecular flexibility index (Phi) is 6.29. The summed E-state index contributed by atoms with van der Waals surface area (Å²) in [5, 5.41) is 17.8. The molecule has 2 aliphatic rings. The van der Waals surface area contributed by atoms with Gasteiger partial charge in [-0.2, -0.15) is 0 Å². The summed E-state index contributed by atoms with van der Waals surface area (Å²) in [6, 6.07) is 6.37. The first-order valence-electron chi connectivity index (χ1n) is 12.0. The second-order valence-corrected chi connectivity index (χ2v) is 9.18. The van der Waals surface area contributed by atoms with Crippen molar-refractivity contribution < 1.29 is 9.59 Å². The van der Waals surface area contributed by atoms with E-state index in [0.29, 0.717) is 28.9 Å². The van der Waals surface area contributed by atoms with Gasteiger partial charge in [0.2, 0.25) is 5.91 Å². The highest BCUT2D eigenvalue weighted by Crippen LogP contribution is 2.29. The topological polar surface area (TPSA) is 125 Å². The van der Waals surface area contributed by atoms with E-state index < -0.39 is 0 Å². The number of imidazole rings is 1. The van der Waals surface area contributed by atoms with E-state index in [9.17, 15) is 9.59 Å². The minimum Gasteiger partial charge on any atom is -0.379 e. The highest BCUT2D eigenvalue weighted by atomic mass is 16.2. The van der Waals surface area contributed by atoms with Crippen molar-refractivity contribution in [2.45, 2.75) is 70.0 Å². The molecule has 3 heterocycles. The van der Waals surface area contributed by atoms with E-state index in [1.165, 1.54) is 6.42 Å². The Bertz CT molecular complexity index is 1170. The fourth-order valence-corrected chi connectivity index (χ4v) is 4.58. The van der Waals surface area contributed by atoms with Crippen LogP contribution < -0.4 is 21.3 Å². The molecule has 0 atom stereocenters. The minimum absolute atomic E-state index is 0.0212. The third kappa shape index (κ3) is 4.95. The molecule has 2 aliphatic carbocycles. The summed E-state index contributed by atoms with van der Waals surface area (Å²) in [6.45, 7) is 1.56. The average molecular weight is 463 g/mol. The Hall–Kier alpha value is -3.69. The van der Waals surface area contributed by atoms with Crippen LogP contribution >= 0.6 is 0 Å². The summed E-state index contributed by atoms with van der Waals surface area (Å²) in [5.41, 5.74) is 2.53. The lowest BCUT2D eigenvalue weighted by molar-refractivity contribution is -0.119. The standard InChI is InChI=1S/C24H30N8O2/c1-15(33)27-17-5-7-18(8-6-17)29-22-13-20(28-16-3-2-4-16)23-26-14-21(32(23)31-22)24(34)30-19-9-11-25-12-10-19/h9-14,16-18,28H,2-8H2,1H3,(H,27,33)(H,29,31)(H,25,30,34)/t17-,18-. The summed E-state index contributed by atoms with van der Waals surface area (Å²) >= 11 is 0. The normalized spacial score (nSPS) is 20.4. The van der Waals surface area contributed by atoms with Crippen LogP contribution in [0.4, 0.5) is 17.2 Å². The first-order valence-corrected chi connectivity index (χ1v) is 12.0. The van der Waals surface area contributed by atoms with Gasteiger partial charge < -0.3 is 21.3 Å². The maximum absolute atomic E-state index is 13.0. The molecule has 2 fully saturated rings. The van der Waals surface area contributed by atoms with Crippen LogP contribution in [0.3, 0.4) is 0 Å². The van der Waals surface area contributed by atoms with Crippen molar-refractivity contribution in [1.82, 2.24) is 24.9 Å². The van der Waals surface area contributed by atoms with Crippen molar-refractivity contribution in [3.63, 3.8) is 0 Å². The van der Waals surface area contributed by atoms with E-state index in [4.69, 9.17) is 5.10 Å².